The SMILES string of the molecule is C=C(C[C@H](NC(=O)[C@@H](NC(=O)OC(C)(C)C)c1cc2ccccc2[nH]1)C(=O)OC)[C@H]1OC(COC(=O)c2ccccc2)[C@@H](OC(=O)c2ccccc2)C(OC(=O)c2ccccc2)C1OC(=O)c1ccccc1. The van der Waals surface area contributed by atoms with E-state index in [2.05, 4.69) is 22.2 Å². The van der Waals surface area contributed by atoms with Crippen LogP contribution in [0.4, 0.5) is 4.79 Å². The van der Waals surface area contributed by atoms with Crippen LogP contribution < -0.4 is 10.6 Å². The lowest BCUT2D eigenvalue weighted by Gasteiger charge is -2.45. The molecule has 1 aliphatic heterocycles. The molecule has 1 saturated heterocycles. The van der Waals surface area contributed by atoms with Gasteiger partial charge in [0.1, 0.15) is 30.5 Å². The van der Waals surface area contributed by atoms with Gasteiger partial charge in [-0.05, 0) is 92.4 Å². The van der Waals surface area contributed by atoms with Gasteiger partial charge < -0.3 is 48.8 Å². The Balaban J connectivity index is 1.28. The molecule has 6 aromatic rings. The van der Waals surface area contributed by atoms with E-state index >= 15 is 0 Å². The maximum Gasteiger partial charge on any atom is 0.408 e. The van der Waals surface area contributed by atoms with Crippen molar-refractivity contribution in [2.24, 2.45) is 0 Å². The Hall–Kier alpha value is -8.57. The molecule has 2 heterocycles. The van der Waals surface area contributed by atoms with E-state index in [1.165, 1.54) is 48.5 Å². The van der Waals surface area contributed by atoms with Crippen LogP contribution in [-0.4, -0.2) is 103 Å². The molecule has 3 N–H and O–H groups in total. The minimum absolute atomic E-state index is 0.0354. The number of alkyl carbamates (subject to hydrolysis) is 1. The number of nitrogens with one attached hydrogen (secondary N) is 3. The number of hydrogen-bond acceptors (Lipinski definition) is 14. The molecule has 1 aromatic heterocycles. The number of carbonyl (C=O) groups is 7. The number of fused-ring (bicyclic) bond motifs is 1. The molecule has 0 spiro atoms. The fourth-order valence-electron chi connectivity index (χ4n) is 7.83. The second-order valence-electron chi connectivity index (χ2n) is 17.6. The standard InChI is InChI=1S/C55H53N3O14/c1-33(30-41(53(64)66-5)57-48(59)43(58-54(65)72-55(2,3)4)40-31-38-28-18-19-29-39(38)56-40)44-46(70-51(62)36-24-14-8-15-25-36)47(71-52(63)37-26-16-9-17-27-37)45(69-50(61)35-22-12-7-13-23-35)42(68-44)32-67-49(60)34-20-10-6-11-21-34/h6-29,31,41-47,56H,1,30,32H2,2-5H3,(H,57,59)(H,58,65)/t41-,42?,43-,44+,45+,46?,47?/m0/s1. The van der Waals surface area contributed by atoms with Gasteiger partial charge in [-0.15, -0.1) is 0 Å². The van der Waals surface area contributed by atoms with Crippen LogP contribution in [0.25, 0.3) is 10.9 Å². The van der Waals surface area contributed by atoms with Gasteiger partial charge in [0.25, 0.3) is 0 Å². The summed E-state index contributed by atoms with van der Waals surface area (Å²) in [5.41, 5.74) is 0.347. The van der Waals surface area contributed by atoms with Crippen molar-refractivity contribution >= 4 is 52.7 Å². The van der Waals surface area contributed by atoms with Crippen LogP contribution in [0.3, 0.4) is 0 Å². The molecule has 7 rings (SSSR count). The van der Waals surface area contributed by atoms with Crippen LogP contribution >= 0.6 is 0 Å². The van der Waals surface area contributed by atoms with Gasteiger partial charge >= 0.3 is 35.9 Å². The van der Waals surface area contributed by atoms with E-state index in [9.17, 15) is 33.6 Å². The minimum Gasteiger partial charge on any atom is -0.467 e. The third-order valence-electron chi connectivity index (χ3n) is 11.2. The second kappa shape index (κ2) is 23.4. The number of benzene rings is 5. The van der Waals surface area contributed by atoms with E-state index in [0.29, 0.717) is 5.52 Å². The Morgan fingerprint density at radius 3 is 1.60 bits per heavy atom. The topological polar surface area (TPSA) is 224 Å². The molecule has 3 unspecified atom stereocenters. The molecule has 1 aliphatic rings. The maximum atomic E-state index is 14.5. The lowest BCUT2D eigenvalue weighted by atomic mass is 9.88. The van der Waals surface area contributed by atoms with Gasteiger partial charge in [-0.3, -0.25) is 4.79 Å². The largest absolute Gasteiger partial charge is 0.467 e. The number of carbonyl (C=O) groups excluding carboxylic acids is 7. The summed E-state index contributed by atoms with van der Waals surface area (Å²) in [6, 6.07) is 37.4. The Morgan fingerprint density at radius 1 is 0.625 bits per heavy atom. The predicted octanol–water partition coefficient (Wildman–Crippen LogP) is 7.64. The summed E-state index contributed by atoms with van der Waals surface area (Å²) >= 11 is 0. The van der Waals surface area contributed by atoms with Crippen molar-refractivity contribution in [1.29, 1.82) is 0 Å². The molecule has 17 heteroatoms. The smallest absolute Gasteiger partial charge is 0.408 e. The molecule has 5 aromatic carbocycles. The summed E-state index contributed by atoms with van der Waals surface area (Å²) < 4.78 is 41.6. The molecule has 0 saturated carbocycles. The molecule has 1 fully saturated rings. The monoisotopic (exact) mass is 979 g/mol. The number of hydrogen-bond donors (Lipinski definition) is 3. The molecular formula is C55H53N3O14. The van der Waals surface area contributed by atoms with E-state index in [1.54, 1.807) is 124 Å². The Kier molecular flexibility index (Phi) is 16.6. The normalized spacial score (nSPS) is 18.2. The first-order valence-electron chi connectivity index (χ1n) is 22.9. The number of ether oxygens (including phenoxy) is 7. The van der Waals surface area contributed by atoms with E-state index in [0.717, 1.165) is 12.5 Å². The first kappa shape index (κ1) is 51.3. The third kappa shape index (κ3) is 13.2. The van der Waals surface area contributed by atoms with Gasteiger partial charge in [0.05, 0.1) is 29.4 Å². The maximum absolute atomic E-state index is 14.5. The van der Waals surface area contributed by atoms with Gasteiger partial charge in [0, 0.05) is 17.6 Å². The molecule has 72 heavy (non-hydrogen) atoms. The Morgan fingerprint density at radius 2 is 1.10 bits per heavy atom. The van der Waals surface area contributed by atoms with Gasteiger partial charge in [-0.2, -0.15) is 0 Å². The van der Waals surface area contributed by atoms with Crippen LogP contribution in [0, 0.1) is 0 Å². The van der Waals surface area contributed by atoms with Crippen molar-refractivity contribution in [2.75, 3.05) is 13.7 Å². The number of H-pyrrole nitrogens is 1. The first-order chi connectivity index (χ1) is 34.6. The third-order valence-corrected chi connectivity index (χ3v) is 11.2. The van der Waals surface area contributed by atoms with Gasteiger partial charge in [-0.1, -0.05) is 97.6 Å². The number of rotatable bonds is 17. The highest BCUT2D eigenvalue weighted by Crippen LogP contribution is 2.35. The zero-order valence-corrected chi connectivity index (χ0v) is 39.8. The summed E-state index contributed by atoms with van der Waals surface area (Å²) in [5, 5.41) is 5.98. The summed E-state index contributed by atoms with van der Waals surface area (Å²) in [6.45, 7) is 8.59. The number of esters is 5. The molecule has 0 bridgehead atoms. The molecule has 7 atom stereocenters. The lowest BCUT2D eigenvalue weighted by Crippen LogP contribution is -2.63. The minimum atomic E-state index is -1.73. The first-order valence-corrected chi connectivity index (χ1v) is 22.9. The van der Waals surface area contributed by atoms with Crippen LogP contribution in [0.1, 0.15) is 80.4 Å². The number of aromatic amines is 1. The number of aromatic nitrogens is 1. The Labute approximate surface area is 414 Å². The number of amides is 2. The quantitative estimate of drug-likeness (QED) is 0.0454. The highest BCUT2D eigenvalue weighted by atomic mass is 16.7. The Bertz CT molecular complexity index is 2850. The fourth-order valence-corrected chi connectivity index (χ4v) is 7.83. The zero-order chi connectivity index (χ0) is 51.4. The van der Waals surface area contributed by atoms with Gasteiger partial charge in [0.15, 0.2) is 24.4 Å². The number of methoxy groups -OCH3 is 1. The molecule has 17 nitrogen and oxygen atoms in total. The molecule has 372 valence electrons. The van der Waals surface area contributed by atoms with Gasteiger partial charge in [0.2, 0.25) is 5.91 Å². The van der Waals surface area contributed by atoms with Crippen molar-refractivity contribution in [3.05, 3.63) is 192 Å². The van der Waals surface area contributed by atoms with Crippen molar-refractivity contribution in [3.63, 3.8) is 0 Å². The number of para-hydroxylation sites is 1. The highest BCUT2D eigenvalue weighted by Gasteiger charge is 2.54. The van der Waals surface area contributed by atoms with E-state index in [-0.39, 0.29) is 33.5 Å². The summed E-state index contributed by atoms with van der Waals surface area (Å²) in [7, 11) is 1.10. The van der Waals surface area contributed by atoms with Crippen LogP contribution in [0.5, 0.6) is 0 Å². The summed E-state index contributed by atoms with van der Waals surface area (Å²) in [4.78, 5) is 100. The van der Waals surface area contributed by atoms with E-state index in [1.807, 2.05) is 0 Å². The lowest BCUT2D eigenvalue weighted by molar-refractivity contribution is -0.220. The van der Waals surface area contributed by atoms with Crippen LogP contribution in [-0.2, 0) is 42.7 Å². The van der Waals surface area contributed by atoms with Gasteiger partial charge in [-0.25, -0.2) is 28.8 Å². The summed E-state index contributed by atoms with van der Waals surface area (Å²) in [5.74, 6) is -5.35. The van der Waals surface area contributed by atoms with Crippen molar-refractivity contribution in [3.8, 4) is 0 Å². The fraction of sp³-hybridized carbons (Fsp3) is 0.255. The molecule has 2 amide bonds. The van der Waals surface area contributed by atoms with E-state index < -0.39 is 103 Å². The van der Waals surface area contributed by atoms with Crippen molar-refractivity contribution in [1.82, 2.24) is 15.6 Å². The summed E-state index contributed by atoms with van der Waals surface area (Å²) in [6.07, 6.45) is -9.57. The molecule has 0 radical (unpaired) electrons. The van der Waals surface area contributed by atoms with E-state index in [4.69, 9.17) is 33.2 Å². The van der Waals surface area contributed by atoms with Crippen LogP contribution in [0.2, 0.25) is 0 Å². The highest BCUT2D eigenvalue weighted by molar-refractivity contribution is 5.93. The average Bonchev–Trinajstić information content (AvgIpc) is 3.82. The average molecular weight is 980 g/mol. The molecule has 0 aliphatic carbocycles. The molecular weight excluding hydrogens is 927 g/mol. The predicted molar refractivity (Wildman–Crippen MR) is 260 cm³/mol. The van der Waals surface area contributed by atoms with Crippen LogP contribution in [0.15, 0.2) is 164 Å². The van der Waals surface area contributed by atoms with Crippen molar-refractivity contribution in [2.45, 2.75) is 75.4 Å². The van der Waals surface area contributed by atoms with Crippen molar-refractivity contribution < 1.29 is 66.7 Å². The second-order valence-corrected chi connectivity index (χ2v) is 17.6. The zero-order valence-electron chi connectivity index (χ0n) is 39.8.